The van der Waals surface area contributed by atoms with Crippen molar-refractivity contribution in [1.29, 1.82) is 0 Å². The number of para-hydroxylation sites is 4. The molecule has 0 saturated carbocycles. The number of benzene rings is 7. The van der Waals surface area contributed by atoms with Crippen LogP contribution in [0.4, 0.5) is 0 Å². The number of rotatable bonds is 10. The average molecular weight is 762 g/mol. The molecule has 0 aliphatic heterocycles. The third kappa shape index (κ3) is 6.22. The summed E-state index contributed by atoms with van der Waals surface area (Å²) in [6.45, 7) is 4.06. The van der Waals surface area contributed by atoms with E-state index < -0.39 is 66.3 Å². The number of pyridine rings is 1. The lowest BCUT2D eigenvalue weighted by molar-refractivity contribution is -0.571. The van der Waals surface area contributed by atoms with Gasteiger partial charge >= 0.3 is 0 Å². The van der Waals surface area contributed by atoms with Gasteiger partial charge in [-0.05, 0) is 95.1 Å². The molecule has 0 radical (unpaired) electrons. The predicted octanol–water partition coefficient (Wildman–Crippen LogP) is 13.2. The molecule has 0 atom stereocenters. The standard InChI is InChI=1S/C53H42N4O/c1-3-37(4-2)40-31-32-54-52(33-40)57-48-26-12-11-23-46(48)47-30-29-43(35-51(47)57)58-42-22-15-21-41(34-42)55-36-56(50-28-14-13-27-49(50)55)53-44(38-17-7-5-8-18-38)24-16-25-45(53)39-19-9-6-10-20-39/h5-35,37H,3-4H2,1-2H3/i5D,6D,7D,8D,9D,10D,17D,18D,19D,20D,37D. The summed E-state index contributed by atoms with van der Waals surface area (Å²) in [5, 5.41) is 2.05. The molecular formula is C53H42N4O. The molecular weight excluding hydrogens is 709 g/mol. The van der Waals surface area contributed by atoms with Gasteiger partial charge in [-0.1, -0.05) is 141 Å². The maximum atomic E-state index is 9.17. The highest BCUT2D eigenvalue weighted by Crippen LogP contribution is 2.37. The number of ether oxygens (including phenoxy) is 1. The van der Waals surface area contributed by atoms with E-state index in [4.69, 9.17) is 23.4 Å². The number of hydrogen-bond acceptors (Lipinski definition) is 2. The lowest BCUT2D eigenvalue weighted by Gasteiger charge is -2.17. The Hall–Kier alpha value is -7.24. The van der Waals surface area contributed by atoms with E-state index in [1.54, 1.807) is 33.5 Å². The topological polar surface area (TPSA) is 35.9 Å². The third-order valence-corrected chi connectivity index (χ3v) is 10.6. The molecule has 3 aromatic heterocycles. The zero-order valence-electron chi connectivity index (χ0n) is 42.7. The minimum absolute atomic E-state index is 0.135. The maximum Gasteiger partial charge on any atom is 0.269 e. The quantitative estimate of drug-likeness (QED) is 0.103. The summed E-state index contributed by atoms with van der Waals surface area (Å²) in [7, 11) is 0. The van der Waals surface area contributed by atoms with E-state index in [-0.39, 0.29) is 27.9 Å². The van der Waals surface area contributed by atoms with Crippen LogP contribution in [0.25, 0.3) is 72.3 Å². The Morgan fingerprint density at radius 1 is 0.655 bits per heavy atom. The van der Waals surface area contributed by atoms with Gasteiger partial charge < -0.3 is 4.74 Å². The first-order chi connectivity index (χ1) is 33.2. The molecule has 58 heavy (non-hydrogen) atoms. The summed E-state index contributed by atoms with van der Waals surface area (Å²) in [4.78, 5) is 4.80. The van der Waals surface area contributed by atoms with Gasteiger partial charge in [0.1, 0.15) is 17.3 Å². The average Bonchev–Trinajstić information content (AvgIpc) is 3.92. The lowest BCUT2D eigenvalue weighted by atomic mass is 9.95. The van der Waals surface area contributed by atoms with E-state index in [9.17, 15) is 1.37 Å². The molecule has 0 bridgehead atoms. The molecule has 0 N–H and O–H groups in total. The Kier molecular flexibility index (Phi) is 6.50. The Morgan fingerprint density at radius 3 is 2.05 bits per heavy atom. The van der Waals surface area contributed by atoms with Gasteiger partial charge in [-0.2, -0.15) is 0 Å². The van der Waals surface area contributed by atoms with E-state index in [2.05, 4.69) is 23.0 Å². The molecule has 0 saturated heterocycles. The summed E-state index contributed by atoms with van der Waals surface area (Å²) in [5.41, 5.74) is 4.76. The fraction of sp³-hybridized carbons (Fsp3) is 0.0943. The summed E-state index contributed by atoms with van der Waals surface area (Å²) < 4.78 is 108. The van der Waals surface area contributed by atoms with Crippen molar-refractivity contribution >= 4 is 32.8 Å². The minimum Gasteiger partial charge on any atom is -0.458 e. The van der Waals surface area contributed by atoms with Crippen LogP contribution in [0.15, 0.2) is 188 Å². The molecule has 0 fully saturated rings. The van der Waals surface area contributed by atoms with Crippen LogP contribution in [-0.2, 0) is 0 Å². The smallest absolute Gasteiger partial charge is 0.269 e. The van der Waals surface area contributed by atoms with Crippen LogP contribution in [0.3, 0.4) is 0 Å². The Balaban J connectivity index is 1.14. The van der Waals surface area contributed by atoms with Gasteiger partial charge in [0.25, 0.3) is 6.33 Å². The van der Waals surface area contributed by atoms with Crippen molar-refractivity contribution < 1.29 is 24.4 Å². The van der Waals surface area contributed by atoms with Crippen LogP contribution in [-0.4, -0.2) is 14.1 Å². The molecule has 280 valence electrons. The second kappa shape index (κ2) is 15.0. The molecule has 7 aromatic carbocycles. The second-order valence-electron chi connectivity index (χ2n) is 13.8. The SMILES string of the molecule is [2H]c1c([2H])c([2H])c(-c2cccc(-c3c([2H])c([2H])c([2H])c([2H])c3[2H])c2-[n+]2[c-]n(-c3cccc(Oc4ccc5c6ccccc6n(-c6cc(C([2H])(CC)CC)ccn6)c5c4)c3)c3ccccc32)c([2H])c1[2H]. The molecule has 0 unspecified atom stereocenters. The number of imidazole rings is 1. The van der Waals surface area contributed by atoms with Gasteiger partial charge in [0.05, 0.1) is 47.1 Å². The third-order valence-electron chi connectivity index (χ3n) is 10.6. The molecule has 0 amide bonds. The van der Waals surface area contributed by atoms with Crippen LogP contribution in [0.2, 0.25) is 0 Å². The number of aromatic nitrogens is 4. The van der Waals surface area contributed by atoms with Gasteiger partial charge in [0.2, 0.25) is 0 Å². The van der Waals surface area contributed by atoms with Crippen molar-refractivity contribution in [3.05, 3.63) is 200 Å². The van der Waals surface area contributed by atoms with Crippen molar-refractivity contribution in [3.63, 3.8) is 0 Å². The van der Waals surface area contributed by atoms with Crippen molar-refractivity contribution in [2.45, 2.75) is 32.6 Å². The second-order valence-corrected chi connectivity index (χ2v) is 13.8. The molecule has 0 aliphatic rings. The molecule has 5 heteroatoms. The highest BCUT2D eigenvalue weighted by atomic mass is 16.5. The monoisotopic (exact) mass is 761 g/mol. The van der Waals surface area contributed by atoms with Crippen LogP contribution in [0.1, 0.15) is 53.2 Å². The van der Waals surface area contributed by atoms with Crippen LogP contribution >= 0.6 is 0 Å². The summed E-state index contributed by atoms with van der Waals surface area (Å²) in [6, 6.07) is 32.2. The summed E-state index contributed by atoms with van der Waals surface area (Å²) >= 11 is 0. The molecule has 10 rings (SSSR count). The van der Waals surface area contributed by atoms with Crippen LogP contribution in [0.5, 0.6) is 11.5 Å². The zero-order chi connectivity index (χ0) is 48.6. The largest absolute Gasteiger partial charge is 0.458 e. The van der Waals surface area contributed by atoms with Crippen LogP contribution in [0, 0.1) is 6.33 Å². The highest BCUT2D eigenvalue weighted by Gasteiger charge is 2.20. The maximum absolute atomic E-state index is 9.17. The van der Waals surface area contributed by atoms with Gasteiger partial charge in [-0.15, -0.1) is 0 Å². The van der Waals surface area contributed by atoms with E-state index in [0.717, 1.165) is 27.4 Å². The Labute approximate surface area is 354 Å². The highest BCUT2D eigenvalue weighted by molar-refractivity contribution is 6.09. The van der Waals surface area contributed by atoms with Crippen LogP contribution < -0.4 is 9.30 Å². The van der Waals surface area contributed by atoms with Crippen molar-refractivity contribution in [3.8, 4) is 50.9 Å². The van der Waals surface area contributed by atoms with E-state index in [0.29, 0.717) is 46.9 Å². The molecule has 0 aliphatic carbocycles. The number of nitrogens with zero attached hydrogens (tertiary/aromatic N) is 4. The summed E-state index contributed by atoms with van der Waals surface area (Å²) in [6.07, 6.45) is 6.51. The van der Waals surface area contributed by atoms with E-state index >= 15 is 0 Å². The van der Waals surface area contributed by atoms with Crippen molar-refractivity contribution in [1.82, 2.24) is 14.1 Å². The van der Waals surface area contributed by atoms with Gasteiger partial charge in [-0.3, -0.25) is 13.7 Å². The fourth-order valence-electron chi connectivity index (χ4n) is 7.88. The predicted molar refractivity (Wildman–Crippen MR) is 236 cm³/mol. The molecule has 3 heterocycles. The fourth-order valence-corrected chi connectivity index (χ4v) is 7.88. The van der Waals surface area contributed by atoms with Crippen molar-refractivity contribution in [2.75, 3.05) is 0 Å². The Bertz CT molecular complexity index is 3580. The molecule has 0 spiro atoms. The first-order valence-electron chi connectivity index (χ1n) is 24.7. The first-order valence-corrected chi connectivity index (χ1v) is 19.2. The lowest BCUT2D eigenvalue weighted by Crippen LogP contribution is -2.31. The summed E-state index contributed by atoms with van der Waals surface area (Å²) in [5.74, 6) is 1.00. The van der Waals surface area contributed by atoms with E-state index in [1.165, 1.54) is 0 Å². The van der Waals surface area contributed by atoms with Gasteiger partial charge in [0, 0.05) is 24.4 Å². The molecule has 10 aromatic rings. The molecule has 5 nitrogen and oxygen atoms in total. The zero-order valence-corrected chi connectivity index (χ0v) is 31.7. The normalized spacial score (nSPS) is 14.4. The minimum atomic E-state index is -0.752. The van der Waals surface area contributed by atoms with Crippen molar-refractivity contribution in [2.24, 2.45) is 0 Å². The van der Waals surface area contributed by atoms with Gasteiger partial charge in [0.15, 0.2) is 0 Å². The van der Waals surface area contributed by atoms with Gasteiger partial charge in [-0.25, -0.2) is 4.98 Å². The number of hydrogen-bond donors (Lipinski definition) is 0. The van der Waals surface area contributed by atoms with E-state index in [1.807, 2.05) is 105 Å². The first kappa shape index (κ1) is 25.1. The Morgan fingerprint density at radius 2 is 1.31 bits per heavy atom. The number of fused-ring (bicyclic) bond motifs is 4.